The minimum Gasteiger partial charge on any atom is -0.361 e. The third-order valence-corrected chi connectivity index (χ3v) is 2.70. The normalized spacial score (nSPS) is 32.2. The van der Waals surface area contributed by atoms with E-state index < -0.39 is 0 Å². The van der Waals surface area contributed by atoms with Gasteiger partial charge in [0, 0.05) is 13.0 Å². The average molecular weight is 172 g/mol. The van der Waals surface area contributed by atoms with Gasteiger partial charge in [0.2, 0.25) is 0 Å². The zero-order valence-electron chi connectivity index (χ0n) is 8.39. The molecular weight excluding hydrogens is 152 g/mol. The number of rotatable bonds is 3. The van der Waals surface area contributed by atoms with Gasteiger partial charge in [-0.3, -0.25) is 4.90 Å². The molecule has 1 fully saturated rings. The van der Waals surface area contributed by atoms with Crippen LogP contribution >= 0.6 is 0 Å². The highest BCUT2D eigenvalue weighted by Gasteiger charge is 2.31. The molecule has 1 aliphatic rings. The van der Waals surface area contributed by atoms with E-state index in [1.54, 1.807) is 0 Å². The molecule has 0 radical (unpaired) electrons. The van der Waals surface area contributed by atoms with Gasteiger partial charge in [-0.15, -0.1) is 0 Å². The predicted molar refractivity (Wildman–Crippen MR) is 50.1 cm³/mol. The van der Waals surface area contributed by atoms with Crippen LogP contribution in [0.3, 0.4) is 0 Å². The molecule has 1 aliphatic heterocycles. The fourth-order valence-electron chi connectivity index (χ4n) is 1.56. The summed E-state index contributed by atoms with van der Waals surface area (Å²) < 4.78 is 5.77. The summed E-state index contributed by atoms with van der Waals surface area (Å²) in [6.45, 7) is 5.25. The van der Waals surface area contributed by atoms with Crippen LogP contribution in [0.25, 0.3) is 0 Å². The van der Waals surface area contributed by atoms with Crippen LogP contribution in [0.1, 0.15) is 19.8 Å². The Balaban J connectivity index is 2.42. The number of nitrogens with one attached hydrogen (secondary N) is 1. The predicted octanol–water partition coefficient (Wildman–Crippen LogP) is 0.664. The second kappa shape index (κ2) is 4.21. The lowest BCUT2D eigenvalue weighted by Crippen LogP contribution is -2.51. The van der Waals surface area contributed by atoms with Crippen LogP contribution in [0.15, 0.2) is 0 Å². The van der Waals surface area contributed by atoms with Crippen molar-refractivity contribution in [3.8, 4) is 0 Å². The maximum Gasteiger partial charge on any atom is 0.119 e. The molecule has 0 aliphatic carbocycles. The third kappa shape index (κ3) is 2.19. The molecule has 1 heterocycles. The summed E-state index contributed by atoms with van der Waals surface area (Å²) in [5, 5.41) is 3.15. The monoisotopic (exact) mass is 172 g/mol. The van der Waals surface area contributed by atoms with Gasteiger partial charge in [0.05, 0.1) is 6.61 Å². The summed E-state index contributed by atoms with van der Waals surface area (Å²) in [5.74, 6) is 0. The largest absolute Gasteiger partial charge is 0.361 e. The fraction of sp³-hybridized carbons (Fsp3) is 1.00. The summed E-state index contributed by atoms with van der Waals surface area (Å²) in [5.41, 5.74) is -0.0404. The first kappa shape index (κ1) is 9.96. The molecule has 0 saturated carbocycles. The Morgan fingerprint density at radius 3 is 2.92 bits per heavy atom. The summed E-state index contributed by atoms with van der Waals surface area (Å²) in [6, 6.07) is 0. The minimum absolute atomic E-state index is 0.0404. The Morgan fingerprint density at radius 1 is 1.58 bits per heavy atom. The highest BCUT2D eigenvalue weighted by Crippen LogP contribution is 2.23. The van der Waals surface area contributed by atoms with Gasteiger partial charge in [0.15, 0.2) is 0 Å². The van der Waals surface area contributed by atoms with Crippen molar-refractivity contribution in [1.29, 1.82) is 0 Å². The Morgan fingerprint density at radius 2 is 2.33 bits per heavy atom. The molecule has 12 heavy (non-hydrogen) atoms. The van der Waals surface area contributed by atoms with Crippen molar-refractivity contribution in [2.24, 2.45) is 0 Å². The van der Waals surface area contributed by atoms with Crippen LogP contribution in [-0.4, -0.2) is 44.4 Å². The molecule has 0 spiro atoms. The smallest absolute Gasteiger partial charge is 0.119 e. The van der Waals surface area contributed by atoms with Gasteiger partial charge in [-0.1, -0.05) is 0 Å². The number of hydrogen-bond acceptors (Lipinski definition) is 3. The van der Waals surface area contributed by atoms with E-state index in [2.05, 4.69) is 24.2 Å². The van der Waals surface area contributed by atoms with Crippen molar-refractivity contribution in [2.75, 3.05) is 33.8 Å². The Bertz CT molecular complexity index is 140. The van der Waals surface area contributed by atoms with Gasteiger partial charge in [-0.2, -0.15) is 0 Å². The maximum atomic E-state index is 5.77. The molecule has 0 bridgehead atoms. The maximum absolute atomic E-state index is 5.77. The van der Waals surface area contributed by atoms with Gasteiger partial charge in [0.25, 0.3) is 0 Å². The molecule has 3 nitrogen and oxygen atoms in total. The van der Waals surface area contributed by atoms with E-state index in [1.807, 2.05) is 7.05 Å². The van der Waals surface area contributed by atoms with E-state index in [4.69, 9.17) is 4.74 Å². The van der Waals surface area contributed by atoms with E-state index in [0.29, 0.717) is 0 Å². The molecule has 0 aromatic heterocycles. The zero-order chi connectivity index (χ0) is 9.03. The Hall–Kier alpha value is -0.120. The molecule has 0 unspecified atom stereocenters. The van der Waals surface area contributed by atoms with Crippen LogP contribution in [0.5, 0.6) is 0 Å². The third-order valence-electron chi connectivity index (χ3n) is 2.70. The lowest BCUT2D eigenvalue weighted by molar-refractivity contribution is -0.167. The zero-order valence-corrected chi connectivity index (χ0v) is 8.39. The number of hydrogen-bond donors (Lipinski definition) is 1. The van der Waals surface area contributed by atoms with Crippen molar-refractivity contribution in [3.63, 3.8) is 0 Å². The van der Waals surface area contributed by atoms with E-state index in [0.717, 1.165) is 32.5 Å². The van der Waals surface area contributed by atoms with Gasteiger partial charge in [0.1, 0.15) is 5.72 Å². The number of nitrogens with zero attached hydrogens (tertiary/aromatic N) is 1. The van der Waals surface area contributed by atoms with Gasteiger partial charge >= 0.3 is 0 Å². The van der Waals surface area contributed by atoms with E-state index >= 15 is 0 Å². The van der Waals surface area contributed by atoms with Crippen LogP contribution in [0, 0.1) is 0 Å². The second-order valence-electron chi connectivity index (χ2n) is 3.65. The standard InChI is InChI=1S/C9H20N2O/c1-9(5-6-10-2)11(3)7-4-8-12-9/h10H,4-8H2,1-3H3/t9-/m1/s1. The quantitative estimate of drug-likeness (QED) is 0.677. The number of ether oxygens (including phenoxy) is 1. The van der Waals surface area contributed by atoms with E-state index in [-0.39, 0.29) is 5.72 Å². The molecule has 72 valence electrons. The fourth-order valence-corrected chi connectivity index (χ4v) is 1.56. The van der Waals surface area contributed by atoms with Crippen LogP contribution in [0.2, 0.25) is 0 Å². The molecule has 1 N–H and O–H groups in total. The lowest BCUT2D eigenvalue weighted by Gasteiger charge is -2.42. The van der Waals surface area contributed by atoms with Crippen LogP contribution < -0.4 is 5.32 Å². The minimum atomic E-state index is -0.0404. The summed E-state index contributed by atoms with van der Waals surface area (Å²) in [4.78, 5) is 2.30. The van der Waals surface area contributed by atoms with Crippen molar-refractivity contribution in [1.82, 2.24) is 10.2 Å². The molecule has 1 saturated heterocycles. The first-order valence-electron chi connectivity index (χ1n) is 4.69. The van der Waals surface area contributed by atoms with Crippen molar-refractivity contribution in [2.45, 2.75) is 25.5 Å². The molecule has 0 amide bonds. The summed E-state index contributed by atoms with van der Waals surface area (Å²) in [7, 11) is 4.11. The first-order valence-corrected chi connectivity index (χ1v) is 4.69. The molecular formula is C9H20N2O. The van der Waals surface area contributed by atoms with Crippen molar-refractivity contribution >= 4 is 0 Å². The van der Waals surface area contributed by atoms with Crippen molar-refractivity contribution in [3.05, 3.63) is 0 Å². The SMILES string of the molecule is CNCC[C@@]1(C)OCCCN1C. The van der Waals surface area contributed by atoms with E-state index in [1.165, 1.54) is 0 Å². The average Bonchev–Trinajstić information content (AvgIpc) is 2.07. The topological polar surface area (TPSA) is 24.5 Å². The molecule has 0 aromatic rings. The molecule has 3 heteroatoms. The van der Waals surface area contributed by atoms with Crippen LogP contribution in [-0.2, 0) is 4.74 Å². The Labute approximate surface area is 75.1 Å². The summed E-state index contributed by atoms with van der Waals surface area (Å²) in [6.07, 6.45) is 2.21. The lowest BCUT2D eigenvalue weighted by atomic mass is 10.1. The molecule has 1 rings (SSSR count). The first-order chi connectivity index (χ1) is 5.69. The van der Waals surface area contributed by atoms with Crippen molar-refractivity contribution < 1.29 is 4.74 Å². The van der Waals surface area contributed by atoms with Gasteiger partial charge in [-0.05, 0) is 34.0 Å². The Kier molecular flexibility index (Phi) is 3.50. The molecule has 0 aromatic carbocycles. The van der Waals surface area contributed by atoms with Gasteiger partial charge in [-0.25, -0.2) is 0 Å². The van der Waals surface area contributed by atoms with E-state index in [9.17, 15) is 0 Å². The van der Waals surface area contributed by atoms with Gasteiger partial charge < -0.3 is 10.1 Å². The molecule has 1 atom stereocenters. The summed E-state index contributed by atoms with van der Waals surface area (Å²) >= 11 is 0. The van der Waals surface area contributed by atoms with Crippen LogP contribution in [0.4, 0.5) is 0 Å². The highest BCUT2D eigenvalue weighted by atomic mass is 16.5. The second-order valence-corrected chi connectivity index (χ2v) is 3.65. The highest BCUT2D eigenvalue weighted by molar-refractivity contribution is 4.78.